The Morgan fingerprint density at radius 2 is 1.81 bits per heavy atom. The van der Waals surface area contributed by atoms with Crippen LogP contribution in [0.5, 0.6) is 0 Å². The Hall–Kier alpha value is -2.09. The number of nitrogens with zero attached hydrogens (tertiary/aromatic N) is 2. The number of aromatic nitrogens is 2. The molecule has 0 aliphatic carbocycles. The Morgan fingerprint density at radius 1 is 1.14 bits per heavy atom. The summed E-state index contributed by atoms with van der Waals surface area (Å²) in [7, 11) is -3.89. The quantitative estimate of drug-likeness (QED) is 0.202. The van der Waals surface area contributed by atoms with Gasteiger partial charge in [0.05, 0.1) is 35.8 Å². The predicted octanol–water partition coefficient (Wildman–Crippen LogP) is 7.31. The van der Waals surface area contributed by atoms with Crippen molar-refractivity contribution in [3.8, 4) is 0 Å². The van der Waals surface area contributed by atoms with Gasteiger partial charge in [-0.05, 0) is 78.7 Å². The summed E-state index contributed by atoms with van der Waals surface area (Å²) < 4.78 is 49.7. The molecule has 37 heavy (non-hydrogen) atoms. The average molecular weight is 589 g/mol. The summed E-state index contributed by atoms with van der Waals surface area (Å²) in [6, 6.07) is 14.0. The minimum atomic E-state index is -3.89. The first-order valence-electron chi connectivity index (χ1n) is 12.7. The molecule has 1 aliphatic rings. The van der Waals surface area contributed by atoms with E-state index in [0.717, 1.165) is 33.9 Å². The van der Waals surface area contributed by atoms with Crippen LogP contribution in [-0.2, 0) is 18.3 Å². The van der Waals surface area contributed by atoms with Crippen molar-refractivity contribution < 1.29 is 22.7 Å². The number of pyridine rings is 1. The van der Waals surface area contributed by atoms with E-state index in [9.17, 15) is 4.57 Å². The van der Waals surface area contributed by atoms with Crippen LogP contribution >= 0.6 is 23.5 Å². The van der Waals surface area contributed by atoms with Crippen molar-refractivity contribution in [2.45, 2.75) is 39.7 Å². The van der Waals surface area contributed by atoms with Crippen molar-refractivity contribution in [2.24, 2.45) is 5.92 Å². The molecule has 3 heterocycles. The van der Waals surface area contributed by atoms with E-state index < -0.39 is 13.4 Å². The van der Waals surface area contributed by atoms with Gasteiger partial charge in [0.15, 0.2) is 0 Å². The van der Waals surface area contributed by atoms with E-state index in [1.165, 1.54) is 0 Å². The lowest BCUT2D eigenvalue weighted by atomic mass is 9.86. The Balaban J connectivity index is 1.89. The van der Waals surface area contributed by atoms with Crippen LogP contribution < -0.4 is 5.30 Å². The van der Waals surface area contributed by atoms with Crippen LogP contribution in [0.1, 0.15) is 43.9 Å². The fraction of sp³-hybridized carbons (Fsp3) is 0.393. The van der Waals surface area contributed by atoms with Gasteiger partial charge in [0.2, 0.25) is 0 Å². The molecule has 1 saturated heterocycles. The summed E-state index contributed by atoms with van der Waals surface area (Å²) in [6.07, 6.45) is 3.52. The molecule has 6 nitrogen and oxygen atoms in total. The van der Waals surface area contributed by atoms with Crippen LogP contribution in [0, 0.1) is 18.7 Å². The van der Waals surface area contributed by atoms with Crippen LogP contribution in [0.3, 0.4) is 0 Å². The van der Waals surface area contributed by atoms with E-state index in [2.05, 4.69) is 32.6 Å². The highest BCUT2D eigenvalue weighted by Crippen LogP contribution is 2.50. The molecule has 0 bridgehead atoms. The van der Waals surface area contributed by atoms with Gasteiger partial charge in [-0.15, -0.1) is 0 Å². The largest absolute Gasteiger partial charge is 0.381 e. The first kappa shape index (κ1) is 26.5. The third-order valence-corrected chi connectivity index (χ3v) is 9.62. The molecule has 1 aliphatic heterocycles. The van der Waals surface area contributed by atoms with E-state index in [4.69, 9.17) is 18.8 Å². The lowest BCUT2D eigenvalue weighted by Gasteiger charge is -2.33. The van der Waals surface area contributed by atoms with Gasteiger partial charge in [0.1, 0.15) is 11.1 Å². The van der Waals surface area contributed by atoms with Crippen molar-refractivity contribution in [3.05, 3.63) is 70.1 Å². The van der Waals surface area contributed by atoms with E-state index in [-0.39, 0.29) is 30.5 Å². The molecule has 2 aromatic carbocycles. The van der Waals surface area contributed by atoms with E-state index in [1.54, 1.807) is 33.0 Å². The highest BCUT2D eigenvalue weighted by molar-refractivity contribution is 9.10. The maximum absolute atomic E-state index is 16.0. The maximum Gasteiger partial charge on any atom is 0.364 e. The smallest absolute Gasteiger partial charge is 0.364 e. The molecular formula is C28H31BrFN2O4P. The number of hydrogen-bond donors (Lipinski definition) is 0. The standard InChI is InChI=1S/C28H31BrFN2O4P/c1-4-35-37(33,36-5-2)24-16-22-25(18(3)26(24)30)27-23(15-21(29)17-31-27)32(22)28(19-9-7-6-8-10-19)20-11-13-34-14-12-20/h6-10,15-17,20,28H,4-5,11-14H2,1-3H3/t28-/m1/s1. The van der Waals surface area contributed by atoms with Gasteiger partial charge >= 0.3 is 7.60 Å². The normalized spacial score (nSPS) is 16.0. The Kier molecular flexibility index (Phi) is 7.85. The fourth-order valence-electron chi connectivity index (χ4n) is 5.51. The molecule has 4 aromatic rings. The Bertz CT molecular complexity index is 1460. The lowest BCUT2D eigenvalue weighted by Crippen LogP contribution is -2.27. The van der Waals surface area contributed by atoms with Crippen molar-refractivity contribution in [1.82, 2.24) is 9.55 Å². The summed E-state index contributed by atoms with van der Waals surface area (Å²) in [5.41, 5.74) is 3.87. The number of fused-ring (bicyclic) bond motifs is 3. The van der Waals surface area contributed by atoms with Gasteiger partial charge in [0, 0.05) is 29.3 Å². The van der Waals surface area contributed by atoms with Crippen molar-refractivity contribution in [1.29, 1.82) is 0 Å². The SMILES string of the molecule is CCOP(=O)(OCC)c1cc2c(c(C)c1F)c1ncc(Br)cc1n2[C@H](c1ccccc1)C1CCOCC1. The summed E-state index contributed by atoms with van der Waals surface area (Å²) >= 11 is 3.59. The van der Waals surface area contributed by atoms with Gasteiger partial charge < -0.3 is 18.4 Å². The molecule has 1 fully saturated rings. The summed E-state index contributed by atoms with van der Waals surface area (Å²) in [5.74, 6) is -0.294. The lowest BCUT2D eigenvalue weighted by molar-refractivity contribution is 0.0553. The molecule has 0 saturated carbocycles. The minimum Gasteiger partial charge on any atom is -0.381 e. The number of hydrogen-bond acceptors (Lipinski definition) is 5. The molecule has 0 N–H and O–H groups in total. The maximum atomic E-state index is 16.0. The number of ether oxygens (including phenoxy) is 1. The van der Waals surface area contributed by atoms with Crippen LogP contribution in [0.4, 0.5) is 4.39 Å². The van der Waals surface area contributed by atoms with E-state index >= 15 is 4.39 Å². The summed E-state index contributed by atoms with van der Waals surface area (Å²) in [4.78, 5) is 4.73. The second-order valence-corrected chi connectivity index (χ2v) is 12.2. The van der Waals surface area contributed by atoms with E-state index in [0.29, 0.717) is 29.7 Å². The topological polar surface area (TPSA) is 62.6 Å². The summed E-state index contributed by atoms with van der Waals surface area (Å²) in [6.45, 7) is 6.82. The van der Waals surface area contributed by atoms with Crippen LogP contribution in [0.25, 0.3) is 21.9 Å². The molecule has 2 aromatic heterocycles. The fourth-order valence-corrected chi connectivity index (χ4v) is 7.55. The zero-order chi connectivity index (χ0) is 26.2. The van der Waals surface area contributed by atoms with Crippen LogP contribution in [0.15, 0.2) is 53.1 Å². The molecule has 0 spiro atoms. The molecule has 0 unspecified atom stereocenters. The van der Waals surface area contributed by atoms with Crippen molar-refractivity contribution in [2.75, 3.05) is 26.4 Å². The van der Waals surface area contributed by atoms with Gasteiger partial charge in [-0.25, -0.2) is 4.39 Å². The molecule has 9 heteroatoms. The highest BCUT2D eigenvalue weighted by atomic mass is 79.9. The first-order chi connectivity index (χ1) is 17.9. The van der Waals surface area contributed by atoms with Crippen molar-refractivity contribution >= 4 is 50.8 Å². The average Bonchev–Trinajstić information content (AvgIpc) is 3.21. The number of aryl methyl sites for hydroxylation is 1. The van der Waals surface area contributed by atoms with Gasteiger partial charge in [-0.3, -0.25) is 9.55 Å². The Labute approximate surface area is 224 Å². The number of halogens is 2. The minimum absolute atomic E-state index is 0.0388. The summed E-state index contributed by atoms with van der Waals surface area (Å²) in [5, 5.41) is 0.666. The number of benzene rings is 2. The molecule has 0 amide bonds. The molecule has 0 radical (unpaired) electrons. The molecule has 196 valence electrons. The molecule has 5 rings (SSSR count). The third-order valence-electron chi connectivity index (χ3n) is 7.07. The first-order valence-corrected chi connectivity index (χ1v) is 15.0. The molecule has 1 atom stereocenters. The zero-order valence-electron chi connectivity index (χ0n) is 21.2. The van der Waals surface area contributed by atoms with Gasteiger partial charge in [-0.1, -0.05) is 30.3 Å². The van der Waals surface area contributed by atoms with E-state index in [1.807, 2.05) is 24.3 Å². The zero-order valence-corrected chi connectivity index (χ0v) is 23.7. The number of rotatable bonds is 8. The van der Waals surface area contributed by atoms with Gasteiger partial charge in [0.25, 0.3) is 0 Å². The monoisotopic (exact) mass is 588 g/mol. The van der Waals surface area contributed by atoms with Crippen molar-refractivity contribution in [3.63, 3.8) is 0 Å². The molecular weight excluding hydrogens is 558 g/mol. The van der Waals surface area contributed by atoms with Gasteiger partial charge in [-0.2, -0.15) is 0 Å². The Morgan fingerprint density at radius 3 is 2.46 bits per heavy atom. The second kappa shape index (κ2) is 11.0. The predicted molar refractivity (Wildman–Crippen MR) is 148 cm³/mol. The third kappa shape index (κ3) is 4.79. The second-order valence-electron chi connectivity index (χ2n) is 9.26. The highest BCUT2D eigenvalue weighted by Gasteiger charge is 2.36. The van der Waals surface area contributed by atoms with Crippen LogP contribution in [-0.4, -0.2) is 36.0 Å². The van der Waals surface area contributed by atoms with Crippen LogP contribution in [0.2, 0.25) is 0 Å².